The molecule has 0 aromatic heterocycles. The maximum atomic E-state index is 12.9. The number of halogens is 3. The molecule has 0 spiro atoms. The number of aliphatic hydroxyl groups is 1. The summed E-state index contributed by atoms with van der Waals surface area (Å²) in [7, 11) is 0. The molecule has 29 heavy (non-hydrogen) atoms. The number of piperidine rings is 1. The lowest BCUT2D eigenvalue weighted by molar-refractivity contribution is -0.137. The van der Waals surface area contributed by atoms with E-state index in [9.17, 15) is 23.1 Å². The quantitative estimate of drug-likeness (QED) is 0.798. The SMILES string of the molecule is O=C(C1CC1c1cccc(C(F)(F)F)c1)N1CCC(C(O)c2ccccc2)CC1. The summed E-state index contributed by atoms with van der Waals surface area (Å²) in [5.41, 5.74) is 0.820. The highest BCUT2D eigenvalue weighted by Crippen LogP contribution is 2.49. The highest BCUT2D eigenvalue weighted by atomic mass is 19.4. The van der Waals surface area contributed by atoms with Crippen molar-refractivity contribution in [1.82, 2.24) is 4.90 Å². The zero-order valence-electron chi connectivity index (χ0n) is 16.0. The van der Waals surface area contributed by atoms with E-state index < -0.39 is 17.8 Å². The first-order chi connectivity index (χ1) is 13.8. The highest BCUT2D eigenvalue weighted by Gasteiger charge is 2.47. The molecule has 2 aromatic carbocycles. The normalized spacial score (nSPS) is 23.7. The number of alkyl halides is 3. The van der Waals surface area contributed by atoms with E-state index in [1.807, 2.05) is 35.2 Å². The zero-order chi connectivity index (χ0) is 20.6. The molecule has 1 saturated heterocycles. The standard InChI is InChI=1S/C23H24F3NO2/c24-23(25,26)18-8-4-7-17(13-18)19-14-20(19)22(29)27-11-9-16(10-12-27)21(28)15-5-2-1-3-6-15/h1-8,13,16,19-21,28H,9-12,14H2. The molecule has 6 heteroatoms. The Morgan fingerprint density at radius 3 is 2.38 bits per heavy atom. The predicted octanol–water partition coefficient (Wildman–Crippen LogP) is 4.78. The van der Waals surface area contributed by atoms with Gasteiger partial charge in [0.05, 0.1) is 11.7 Å². The molecule has 2 aliphatic rings. The van der Waals surface area contributed by atoms with Crippen LogP contribution >= 0.6 is 0 Å². The van der Waals surface area contributed by atoms with Crippen molar-refractivity contribution in [3.8, 4) is 0 Å². The van der Waals surface area contributed by atoms with Crippen molar-refractivity contribution in [2.24, 2.45) is 11.8 Å². The molecule has 0 radical (unpaired) electrons. The summed E-state index contributed by atoms with van der Waals surface area (Å²) in [5.74, 6) is -0.216. The fourth-order valence-corrected chi connectivity index (χ4v) is 4.37. The van der Waals surface area contributed by atoms with Crippen LogP contribution in [0.1, 0.15) is 48.0 Å². The molecule has 1 aliphatic carbocycles. The van der Waals surface area contributed by atoms with Crippen LogP contribution in [0.5, 0.6) is 0 Å². The highest BCUT2D eigenvalue weighted by molar-refractivity contribution is 5.83. The second-order valence-electron chi connectivity index (χ2n) is 8.09. The Labute approximate surface area is 168 Å². The number of benzene rings is 2. The van der Waals surface area contributed by atoms with Crippen LogP contribution < -0.4 is 0 Å². The molecule has 0 bridgehead atoms. The summed E-state index contributed by atoms with van der Waals surface area (Å²) in [6, 6.07) is 14.8. The Bertz CT molecular complexity index is 860. The average Bonchev–Trinajstić information content (AvgIpc) is 3.54. The van der Waals surface area contributed by atoms with E-state index in [2.05, 4.69) is 0 Å². The Balaban J connectivity index is 1.33. The van der Waals surface area contributed by atoms with Gasteiger partial charge in [-0.25, -0.2) is 0 Å². The molecule has 3 nitrogen and oxygen atoms in total. The van der Waals surface area contributed by atoms with Gasteiger partial charge in [0, 0.05) is 19.0 Å². The van der Waals surface area contributed by atoms with E-state index in [1.54, 1.807) is 6.07 Å². The Kier molecular flexibility index (Phi) is 5.38. The van der Waals surface area contributed by atoms with Crippen LogP contribution in [-0.2, 0) is 11.0 Å². The van der Waals surface area contributed by atoms with Crippen molar-refractivity contribution in [2.45, 2.75) is 37.5 Å². The molecular formula is C23H24F3NO2. The van der Waals surface area contributed by atoms with Crippen molar-refractivity contribution in [1.29, 1.82) is 0 Å². The van der Waals surface area contributed by atoms with Crippen LogP contribution in [0.4, 0.5) is 13.2 Å². The number of hydrogen-bond donors (Lipinski definition) is 1. The van der Waals surface area contributed by atoms with Gasteiger partial charge < -0.3 is 10.0 Å². The summed E-state index contributed by atoms with van der Waals surface area (Å²) >= 11 is 0. The molecule has 1 saturated carbocycles. The van der Waals surface area contributed by atoms with Gasteiger partial charge in [-0.2, -0.15) is 13.2 Å². The molecule has 3 atom stereocenters. The Morgan fingerprint density at radius 2 is 1.72 bits per heavy atom. The number of hydrogen-bond acceptors (Lipinski definition) is 2. The first-order valence-corrected chi connectivity index (χ1v) is 10.0. The first kappa shape index (κ1) is 20.0. The van der Waals surface area contributed by atoms with Crippen LogP contribution in [0, 0.1) is 11.8 Å². The molecule has 3 unspecified atom stereocenters. The van der Waals surface area contributed by atoms with E-state index in [0.717, 1.165) is 24.5 Å². The summed E-state index contributed by atoms with van der Waals surface area (Å²) in [4.78, 5) is 14.6. The number of likely N-dealkylation sites (tertiary alicyclic amines) is 1. The third kappa shape index (κ3) is 4.32. The number of carbonyl (C=O) groups is 1. The van der Waals surface area contributed by atoms with Crippen molar-refractivity contribution < 1.29 is 23.1 Å². The van der Waals surface area contributed by atoms with E-state index in [0.29, 0.717) is 25.1 Å². The summed E-state index contributed by atoms with van der Waals surface area (Å²) in [5, 5.41) is 10.6. The van der Waals surface area contributed by atoms with Crippen LogP contribution in [0.25, 0.3) is 0 Å². The summed E-state index contributed by atoms with van der Waals surface area (Å²) in [6.45, 7) is 1.17. The third-order valence-electron chi connectivity index (χ3n) is 6.19. The van der Waals surface area contributed by atoms with E-state index in [-0.39, 0.29) is 23.7 Å². The third-order valence-corrected chi connectivity index (χ3v) is 6.19. The summed E-state index contributed by atoms with van der Waals surface area (Å²) < 4.78 is 38.8. The van der Waals surface area contributed by atoms with Gasteiger partial charge >= 0.3 is 6.18 Å². The predicted molar refractivity (Wildman–Crippen MR) is 103 cm³/mol. The van der Waals surface area contributed by atoms with Crippen molar-refractivity contribution in [3.05, 3.63) is 71.3 Å². The van der Waals surface area contributed by atoms with Crippen LogP contribution in [0.15, 0.2) is 54.6 Å². The average molecular weight is 403 g/mol. The minimum absolute atomic E-state index is 0.0278. The monoisotopic (exact) mass is 403 g/mol. The van der Waals surface area contributed by atoms with Gasteiger partial charge in [0.1, 0.15) is 0 Å². The lowest BCUT2D eigenvalue weighted by Crippen LogP contribution is -2.40. The minimum atomic E-state index is -4.37. The summed E-state index contributed by atoms with van der Waals surface area (Å²) in [6.07, 6.45) is -2.85. The van der Waals surface area contributed by atoms with Crippen LogP contribution in [0.2, 0.25) is 0 Å². The fourth-order valence-electron chi connectivity index (χ4n) is 4.37. The van der Waals surface area contributed by atoms with Crippen LogP contribution in [0.3, 0.4) is 0 Å². The van der Waals surface area contributed by atoms with Gasteiger partial charge in [0.2, 0.25) is 5.91 Å². The Morgan fingerprint density at radius 1 is 1.03 bits per heavy atom. The fraction of sp³-hybridized carbons (Fsp3) is 0.435. The molecule has 154 valence electrons. The van der Waals surface area contributed by atoms with E-state index >= 15 is 0 Å². The van der Waals surface area contributed by atoms with Crippen LogP contribution in [-0.4, -0.2) is 29.0 Å². The van der Waals surface area contributed by atoms with Gasteiger partial charge in [-0.1, -0.05) is 48.5 Å². The van der Waals surface area contributed by atoms with E-state index in [1.165, 1.54) is 12.1 Å². The van der Waals surface area contributed by atoms with Gasteiger partial charge in [0.25, 0.3) is 0 Å². The van der Waals surface area contributed by atoms with Gasteiger partial charge in [-0.15, -0.1) is 0 Å². The second kappa shape index (κ2) is 7.82. The first-order valence-electron chi connectivity index (χ1n) is 10.0. The molecule has 1 N–H and O–H groups in total. The number of amides is 1. The lowest BCUT2D eigenvalue weighted by Gasteiger charge is -2.34. The molecule has 4 rings (SSSR count). The number of carbonyl (C=O) groups excluding carboxylic acids is 1. The largest absolute Gasteiger partial charge is 0.416 e. The smallest absolute Gasteiger partial charge is 0.388 e. The molecule has 1 aliphatic heterocycles. The Hall–Kier alpha value is -2.34. The number of rotatable bonds is 4. The molecule has 2 aromatic rings. The van der Waals surface area contributed by atoms with Crippen molar-refractivity contribution in [2.75, 3.05) is 13.1 Å². The number of nitrogens with zero attached hydrogens (tertiary/aromatic N) is 1. The second-order valence-corrected chi connectivity index (χ2v) is 8.09. The van der Waals surface area contributed by atoms with Gasteiger partial charge in [-0.05, 0) is 48.3 Å². The maximum absolute atomic E-state index is 12.9. The number of aliphatic hydroxyl groups excluding tert-OH is 1. The molecule has 1 heterocycles. The lowest BCUT2D eigenvalue weighted by atomic mass is 9.87. The van der Waals surface area contributed by atoms with Gasteiger partial charge in [0.15, 0.2) is 0 Å². The topological polar surface area (TPSA) is 40.5 Å². The van der Waals surface area contributed by atoms with Crippen molar-refractivity contribution >= 4 is 5.91 Å². The molecule has 2 fully saturated rings. The molecule has 1 amide bonds. The maximum Gasteiger partial charge on any atom is 0.416 e. The zero-order valence-corrected chi connectivity index (χ0v) is 16.0. The van der Waals surface area contributed by atoms with E-state index in [4.69, 9.17) is 0 Å². The molecular weight excluding hydrogens is 379 g/mol. The van der Waals surface area contributed by atoms with Gasteiger partial charge in [-0.3, -0.25) is 4.79 Å². The minimum Gasteiger partial charge on any atom is -0.388 e. The van der Waals surface area contributed by atoms with Crippen molar-refractivity contribution in [3.63, 3.8) is 0 Å².